The van der Waals surface area contributed by atoms with Crippen LogP contribution in [-0.2, 0) is 25.5 Å². The number of aromatic nitrogens is 1. The monoisotopic (exact) mass is 742 g/mol. The number of carbonyl (C=O) groups is 4. The van der Waals surface area contributed by atoms with Gasteiger partial charge in [-0.15, -0.1) is 0 Å². The molecule has 298 valence electrons. The smallest absolute Gasteiger partial charge is 0.419 e. The van der Waals surface area contributed by atoms with Crippen LogP contribution in [0.1, 0.15) is 127 Å². The van der Waals surface area contributed by atoms with Crippen molar-refractivity contribution in [3.05, 3.63) is 36.0 Å². The van der Waals surface area contributed by atoms with Gasteiger partial charge in [0.25, 0.3) is 0 Å². The molecule has 4 N–H and O–H groups in total. The maximum Gasteiger partial charge on any atom is 0.419 e. The number of nitrogens with zero attached hydrogens (tertiary/aromatic N) is 2. The van der Waals surface area contributed by atoms with E-state index in [0.717, 1.165) is 37.5 Å². The highest BCUT2D eigenvalue weighted by atomic mass is 16.6. The Morgan fingerprint density at radius 3 is 2.06 bits per heavy atom. The lowest BCUT2D eigenvalue weighted by Crippen LogP contribution is -2.60. The Balaban J connectivity index is 1.96. The molecule has 0 saturated heterocycles. The van der Waals surface area contributed by atoms with E-state index < -0.39 is 65.5 Å². The van der Waals surface area contributed by atoms with Crippen molar-refractivity contribution in [3.8, 4) is 0 Å². The fourth-order valence-electron chi connectivity index (χ4n) is 6.93. The van der Waals surface area contributed by atoms with Gasteiger partial charge in [-0.2, -0.15) is 0 Å². The molecule has 2 aromatic rings. The number of fused-ring (bicyclic) bond motifs is 1. The minimum absolute atomic E-state index is 0.0656. The van der Waals surface area contributed by atoms with E-state index in [9.17, 15) is 29.4 Å². The summed E-state index contributed by atoms with van der Waals surface area (Å²) in [6.45, 7) is 20.0. The maximum atomic E-state index is 14.3. The van der Waals surface area contributed by atoms with Crippen molar-refractivity contribution in [1.29, 1.82) is 0 Å². The highest BCUT2D eigenvalue weighted by molar-refractivity contribution is 5.93. The molecule has 1 fully saturated rings. The van der Waals surface area contributed by atoms with Gasteiger partial charge in [-0.25, -0.2) is 9.59 Å². The number of aliphatic hydroxyl groups is 2. The molecule has 3 rings (SSSR count). The molecular weight excluding hydrogens is 676 g/mol. The first-order valence-electron chi connectivity index (χ1n) is 19.4. The molecule has 1 aromatic carbocycles. The normalized spacial score (nSPS) is 17.7. The van der Waals surface area contributed by atoms with Gasteiger partial charge in [-0.3, -0.25) is 19.1 Å². The van der Waals surface area contributed by atoms with Crippen LogP contribution >= 0.6 is 0 Å². The van der Waals surface area contributed by atoms with E-state index in [2.05, 4.69) is 10.6 Å². The summed E-state index contributed by atoms with van der Waals surface area (Å²) in [5.41, 5.74) is -0.228. The molecule has 0 spiro atoms. The van der Waals surface area contributed by atoms with Gasteiger partial charge in [-0.05, 0) is 97.6 Å². The first-order chi connectivity index (χ1) is 24.6. The number of amides is 3. The van der Waals surface area contributed by atoms with Gasteiger partial charge in [0.05, 0.1) is 17.7 Å². The SMILES string of the molecule is CC[C@H](C)[C@H](NC(=O)[C@H](C)N(C(=O)OC(C)(C)C)C1CCCCC1)C(=O)N[C@@H](Cc1cn(C(=O)OC(C)(C)C)c2ccccc12)[C@@H](O)[C@@H](O)CC(C)C. The van der Waals surface area contributed by atoms with Gasteiger partial charge in [0.1, 0.15) is 29.4 Å². The van der Waals surface area contributed by atoms with E-state index in [1.807, 2.05) is 45.9 Å². The Hall–Kier alpha value is -3.64. The molecule has 1 saturated carbocycles. The molecule has 6 atom stereocenters. The Labute approximate surface area is 316 Å². The molecule has 3 amide bonds. The van der Waals surface area contributed by atoms with Crippen LogP contribution in [0, 0.1) is 11.8 Å². The number of nitrogens with one attached hydrogen (secondary N) is 2. The molecule has 1 aliphatic carbocycles. The Bertz CT molecular complexity index is 1530. The standard InChI is InChI=1S/C41H66N4O8/c1-12-26(4)34(43-36(48)27(5)45(29-18-14-13-15-19-29)39(51)53-41(9,10)11)37(49)42-31(35(47)33(46)22-25(2)3)23-28-24-44(38(50)52-40(6,7)8)32-21-17-16-20-30(28)32/h16-17,20-21,24-27,29,31,33-35,46-47H,12-15,18-19,22-23H2,1-11H3,(H,42,49)(H,43,48)/t26-,27-,31-,33-,34-,35+/m0/s1. The second-order valence-corrected chi connectivity index (χ2v) is 17.3. The van der Waals surface area contributed by atoms with Crippen molar-refractivity contribution in [2.45, 2.75) is 175 Å². The second-order valence-electron chi connectivity index (χ2n) is 17.3. The highest BCUT2D eigenvalue weighted by Gasteiger charge is 2.39. The molecular formula is C41H66N4O8. The molecule has 0 bridgehead atoms. The van der Waals surface area contributed by atoms with Crippen molar-refractivity contribution >= 4 is 34.9 Å². The molecule has 1 heterocycles. The summed E-state index contributed by atoms with van der Waals surface area (Å²) in [7, 11) is 0. The first kappa shape index (κ1) is 43.8. The topological polar surface area (TPSA) is 159 Å². The summed E-state index contributed by atoms with van der Waals surface area (Å²) in [5.74, 6) is -1.27. The van der Waals surface area contributed by atoms with Crippen molar-refractivity contribution in [1.82, 2.24) is 20.1 Å². The van der Waals surface area contributed by atoms with Gasteiger partial charge in [0, 0.05) is 17.6 Å². The molecule has 1 aliphatic rings. The van der Waals surface area contributed by atoms with Gasteiger partial charge in [0.2, 0.25) is 11.8 Å². The highest BCUT2D eigenvalue weighted by Crippen LogP contribution is 2.28. The summed E-state index contributed by atoms with van der Waals surface area (Å²) in [4.78, 5) is 56.6. The zero-order valence-corrected chi connectivity index (χ0v) is 33.9. The van der Waals surface area contributed by atoms with Gasteiger partial charge in [-0.1, -0.05) is 71.6 Å². The lowest BCUT2D eigenvalue weighted by Gasteiger charge is -2.39. The van der Waals surface area contributed by atoms with E-state index in [0.29, 0.717) is 17.5 Å². The molecule has 12 nitrogen and oxygen atoms in total. The number of ether oxygens (including phenoxy) is 2. The molecule has 12 heteroatoms. The Morgan fingerprint density at radius 1 is 0.887 bits per heavy atom. The van der Waals surface area contributed by atoms with Crippen molar-refractivity contribution < 1.29 is 38.9 Å². The third-order valence-corrected chi connectivity index (χ3v) is 9.83. The minimum Gasteiger partial charge on any atom is -0.444 e. The number of hydrogen-bond acceptors (Lipinski definition) is 8. The third kappa shape index (κ3) is 12.5. The molecule has 0 aliphatic heterocycles. The zero-order chi connectivity index (χ0) is 39.8. The number of benzene rings is 1. The van der Waals surface area contributed by atoms with E-state index in [1.165, 1.54) is 9.47 Å². The van der Waals surface area contributed by atoms with Crippen LogP contribution in [0.4, 0.5) is 9.59 Å². The van der Waals surface area contributed by atoms with Crippen LogP contribution in [0.25, 0.3) is 10.9 Å². The summed E-state index contributed by atoms with van der Waals surface area (Å²) < 4.78 is 12.8. The predicted molar refractivity (Wildman–Crippen MR) is 206 cm³/mol. The molecule has 53 heavy (non-hydrogen) atoms. The van der Waals surface area contributed by atoms with Crippen LogP contribution in [0.15, 0.2) is 30.5 Å². The van der Waals surface area contributed by atoms with E-state index >= 15 is 0 Å². The van der Waals surface area contributed by atoms with Crippen LogP contribution in [0.5, 0.6) is 0 Å². The van der Waals surface area contributed by atoms with Crippen LogP contribution < -0.4 is 10.6 Å². The summed E-state index contributed by atoms with van der Waals surface area (Å²) in [6, 6.07) is 4.22. The van der Waals surface area contributed by atoms with Crippen molar-refractivity contribution in [2.75, 3.05) is 0 Å². The van der Waals surface area contributed by atoms with Crippen LogP contribution in [0.3, 0.4) is 0 Å². The van der Waals surface area contributed by atoms with Crippen molar-refractivity contribution in [2.24, 2.45) is 11.8 Å². The zero-order valence-electron chi connectivity index (χ0n) is 33.9. The minimum atomic E-state index is -1.37. The lowest BCUT2D eigenvalue weighted by molar-refractivity contribution is -0.134. The fraction of sp³-hybridized carbons (Fsp3) is 0.707. The lowest BCUT2D eigenvalue weighted by atomic mass is 9.91. The van der Waals surface area contributed by atoms with E-state index in [4.69, 9.17) is 9.47 Å². The number of rotatable bonds is 14. The summed E-state index contributed by atoms with van der Waals surface area (Å²) in [6.07, 6.45) is 3.37. The second kappa shape index (κ2) is 18.6. The average Bonchev–Trinajstić information content (AvgIpc) is 3.43. The van der Waals surface area contributed by atoms with E-state index in [-0.39, 0.29) is 30.7 Å². The van der Waals surface area contributed by atoms with Gasteiger partial charge >= 0.3 is 12.2 Å². The third-order valence-electron chi connectivity index (χ3n) is 9.83. The summed E-state index contributed by atoms with van der Waals surface area (Å²) in [5, 5.41) is 29.3. The predicted octanol–water partition coefficient (Wildman–Crippen LogP) is 6.71. The number of para-hydroxylation sites is 1. The molecule has 1 aromatic heterocycles. The Morgan fingerprint density at radius 2 is 1.49 bits per heavy atom. The van der Waals surface area contributed by atoms with E-state index in [1.54, 1.807) is 60.7 Å². The number of hydrogen-bond donors (Lipinski definition) is 4. The number of aliphatic hydroxyl groups excluding tert-OH is 2. The van der Waals surface area contributed by atoms with Crippen molar-refractivity contribution in [3.63, 3.8) is 0 Å². The largest absolute Gasteiger partial charge is 0.444 e. The van der Waals surface area contributed by atoms with Crippen LogP contribution in [0.2, 0.25) is 0 Å². The first-order valence-corrected chi connectivity index (χ1v) is 19.4. The van der Waals surface area contributed by atoms with Gasteiger partial charge < -0.3 is 30.3 Å². The molecule has 0 radical (unpaired) electrons. The van der Waals surface area contributed by atoms with Gasteiger partial charge in [0.15, 0.2) is 0 Å². The van der Waals surface area contributed by atoms with Crippen LogP contribution in [-0.4, -0.2) is 91.3 Å². The Kier molecular flexibility index (Phi) is 15.4. The quantitative estimate of drug-likeness (QED) is 0.166. The summed E-state index contributed by atoms with van der Waals surface area (Å²) >= 11 is 0. The average molecular weight is 743 g/mol. The molecule has 0 unspecified atom stereocenters. The number of carbonyl (C=O) groups excluding carboxylic acids is 4. The fourth-order valence-corrected chi connectivity index (χ4v) is 6.93. The maximum absolute atomic E-state index is 14.3.